The Labute approximate surface area is 138 Å². The molecule has 106 valence electrons. The second-order valence-corrected chi connectivity index (χ2v) is 6.30. The number of carbonyl (C=O) groups excluding carboxylic acids is 2. The smallest absolute Gasteiger partial charge is 0.261 e. The van der Waals surface area contributed by atoms with Gasteiger partial charge in [-0.05, 0) is 52.9 Å². The molecule has 0 radical (unpaired) electrons. The zero-order chi connectivity index (χ0) is 15.1. The number of nitrogens with zero attached hydrogens (tertiary/aromatic N) is 1. The average molecular weight is 416 g/mol. The summed E-state index contributed by atoms with van der Waals surface area (Å²) in [7, 11) is 0. The Morgan fingerprint density at radius 2 is 1.76 bits per heavy atom. The standard InChI is InChI=1S/C15H8ClFINO2/c16-9-2-1-8(13(17)5-9)7-19-14(20)11-4-3-10(18)6-12(11)15(19)21/h1-6H,7H2. The molecule has 3 rings (SSSR count). The third-order valence-corrected chi connectivity index (χ3v) is 4.18. The number of rotatable bonds is 2. The van der Waals surface area contributed by atoms with Crippen molar-refractivity contribution >= 4 is 46.0 Å². The first kappa shape index (κ1) is 14.5. The molecule has 0 saturated carbocycles. The fourth-order valence-corrected chi connectivity index (χ4v) is 2.88. The van der Waals surface area contributed by atoms with Crippen LogP contribution in [0.1, 0.15) is 26.3 Å². The van der Waals surface area contributed by atoms with Crippen LogP contribution in [0.3, 0.4) is 0 Å². The molecular weight excluding hydrogens is 408 g/mol. The maximum Gasteiger partial charge on any atom is 0.261 e. The topological polar surface area (TPSA) is 37.4 Å². The lowest BCUT2D eigenvalue weighted by molar-refractivity contribution is 0.0641. The molecule has 2 amide bonds. The summed E-state index contributed by atoms with van der Waals surface area (Å²) in [5, 5.41) is 0.271. The van der Waals surface area contributed by atoms with Crippen molar-refractivity contribution in [2.75, 3.05) is 0 Å². The van der Waals surface area contributed by atoms with Crippen molar-refractivity contribution in [1.82, 2.24) is 4.90 Å². The molecule has 0 unspecified atom stereocenters. The number of fused-ring (bicyclic) bond motifs is 1. The van der Waals surface area contributed by atoms with Crippen LogP contribution in [-0.2, 0) is 6.54 Å². The highest BCUT2D eigenvalue weighted by atomic mass is 127. The number of hydrogen-bond donors (Lipinski definition) is 0. The van der Waals surface area contributed by atoms with Gasteiger partial charge in [-0.2, -0.15) is 0 Å². The first-order valence-electron chi connectivity index (χ1n) is 6.07. The summed E-state index contributed by atoms with van der Waals surface area (Å²) in [5.41, 5.74) is 0.972. The Bertz CT molecular complexity index is 778. The molecule has 0 atom stereocenters. The highest BCUT2D eigenvalue weighted by Gasteiger charge is 2.35. The second-order valence-electron chi connectivity index (χ2n) is 4.62. The van der Waals surface area contributed by atoms with Gasteiger partial charge in [-0.25, -0.2) is 4.39 Å². The van der Waals surface area contributed by atoms with E-state index in [2.05, 4.69) is 22.6 Å². The summed E-state index contributed by atoms with van der Waals surface area (Å²) in [6, 6.07) is 9.21. The lowest BCUT2D eigenvalue weighted by Gasteiger charge is -2.14. The minimum absolute atomic E-state index is 0.105. The molecule has 0 fully saturated rings. The van der Waals surface area contributed by atoms with Gasteiger partial charge >= 0.3 is 0 Å². The van der Waals surface area contributed by atoms with Crippen LogP contribution in [0.2, 0.25) is 5.02 Å². The Morgan fingerprint density at radius 1 is 1.05 bits per heavy atom. The van der Waals surface area contributed by atoms with E-state index in [4.69, 9.17) is 11.6 Å². The van der Waals surface area contributed by atoms with E-state index in [0.29, 0.717) is 11.1 Å². The second kappa shape index (κ2) is 5.38. The van der Waals surface area contributed by atoms with Crippen molar-refractivity contribution < 1.29 is 14.0 Å². The van der Waals surface area contributed by atoms with E-state index in [1.54, 1.807) is 18.2 Å². The van der Waals surface area contributed by atoms with Crippen molar-refractivity contribution in [2.24, 2.45) is 0 Å². The van der Waals surface area contributed by atoms with Gasteiger partial charge in [0.05, 0.1) is 17.7 Å². The zero-order valence-corrected chi connectivity index (χ0v) is 13.5. The van der Waals surface area contributed by atoms with E-state index < -0.39 is 17.6 Å². The monoisotopic (exact) mass is 415 g/mol. The molecule has 1 aliphatic heterocycles. The van der Waals surface area contributed by atoms with Crippen LogP contribution in [0.25, 0.3) is 0 Å². The van der Waals surface area contributed by atoms with Gasteiger partial charge in [-0.15, -0.1) is 0 Å². The summed E-state index contributed by atoms with van der Waals surface area (Å²) in [4.78, 5) is 25.6. The van der Waals surface area contributed by atoms with E-state index in [9.17, 15) is 14.0 Å². The van der Waals surface area contributed by atoms with Crippen molar-refractivity contribution in [2.45, 2.75) is 6.54 Å². The Balaban J connectivity index is 1.95. The predicted molar refractivity (Wildman–Crippen MR) is 84.8 cm³/mol. The first-order valence-corrected chi connectivity index (χ1v) is 7.52. The molecule has 0 N–H and O–H groups in total. The number of amides is 2. The van der Waals surface area contributed by atoms with Crippen LogP contribution in [0.15, 0.2) is 36.4 Å². The number of hydrogen-bond acceptors (Lipinski definition) is 2. The predicted octanol–water partition coefficient (Wildman–Crippen LogP) is 3.88. The minimum Gasteiger partial charge on any atom is -0.270 e. The van der Waals surface area contributed by atoms with Gasteiger partial charge in [0.25, 0.3) is 11.8 Å². The van der Waals surface area contributed by atoms with Gasteiger partial charge < -0.3 is 0 Å². The van der Waals surface area contributed by atoms with E-state index in [0.717, 1.165) is 14.5 Å². The molecule has 3 nitrogen and oxygen atoms in total. The van der Waals surface area contributed by atoms with Crippen molar-refractivity contribution in [3.8, 4) is 0 Å². The van der Waals surface area contributed by atoms with E-state index in [-0.39, 0.29) is 17.1 Å². The molecule has 6 heteroatoms. The molecule has 0 aliphatic carbocycles. The van der Waals surface area contributed by atoms with E-state index >= 15 is 0 Å². The average Bonchev–Trinajstić information content (AvgIpc) is 2.66. The molecule has 1 aliphatic rings. The quantitative estimate of drug-likeness (QED) is 0.551. The highest BCUT2D eigenvalue weighted by molar-refractivity contribution is 14.1. The van der Waals surface area contributed by atoms with E-state index in [1.807, 2.05) is 0 Å². The lowest BCUT2D eigenvalue weighted by Crippen LogP contribution is -2.29. The molecule has 21 heavy (non-hydrogen) atoms. The Morgan fingerprint density at radius 3 is 2.48 bits per heavy atom. The summed E-state index contributed by atoms with van der Waals surface area (Å²) in [5.74, 6) is -1.34. The Hall–Kier alpha value is -1.47. The molecule has 2 aromatic carbocycles. The van der Waals surface area contributed by atoms with Gasteiger partial charge in [0.2, 0.25) is 0 Å². The van der Waals surface area contributed by atoms with Crippen LogP contribution in [0, 0.1) is 9.39 Å². The summed E-state index contributed by atoms with van der Waals surface area (Å²) in [6.45, 7) is -0.105. The van der Waals surface area contributed by atoms with Crippen molar-refractivity contribution in [3.05, 3.63) is 67.5 Å². The SMILES string of the molecule is O=C1c2ccc(I)cc2C(=O)N1Cc1ccc(Cl)cc1F. The maximum atomic E-state index is 13.8. The number of halogens is 3. The summed E-state index contributed by atoms with van der Waals surface area (Å²) in [6.07, 6.45) is 0. The number of carbonyl (C=O) groups is 2. The molecule has 1 heterocycles. The maximum absolute atomic E-state index is 13.8. The van der Waals surface area contributed by atoms with Gasteiger partial charge in [-0.3, -0.25) is 14.5 Å². The fourth-order valence-electron chi connectivity index (χ4n) is 2.23. The van der Waals surface area contributed by atoms with Crippen LogP contribution in [0.4, 0.5) is 4.39 Å². The van der Waals surface area contributed by atoms with Crippen molar-refractivity contribution in [3.63, 3.8) is 0 Å². The zero-order valence-electron chi connectivity index (χ0n) is 10.6. The third kappa shape index (κ3) is 2.55. The number of benzene rings is 2. The summed E-state index contributed by atoms with van der Waals surface area (Å²) >= 11 is 7.77. The van der Waals surface area contributed by atoms with E-state index in [1.165, 1.54) is 12.1 Å². The van der Waals surface area contributed by atoms with Crippen LogP contribution >= 0.6 is 34.2 Å². The van der Waals surface area contributed by atoms with Gasteiger partial charge in [-0.1, -0.05) is 17.7 Å². The molecular formula is C15H8ClFINO2. The normalized spacial score (nSPS) is 13.8. The number of imide groups is 1. The van der Waals surface area contributed by atoms with Gasteiger partial charge in [0.1, 0.15) is 5.82 Å². The molecule has 0 aromatic heterocycles. The van der Waals surface area contributed by atoms with Crippen LogP contribution < -0.4 is 0 Å². The van der Waals surface area contributed by atoms with Gasteiger partial charge in [0, 0.05) is 14.2 Å². The largest absolute Gasteiger partial charge is 0.270 e. The minimum atomic E-state index is -0.534. The van der Waals surface area contributed by atoms with Crippen LogP contribution in [-0.4, -0.2) is 16.7 Å². The molecule has 2 aromatic rings. The van der Waals surface area contributed by atoms with Crippen LogP contribution in [0.5, 0.6) is 0 Å². The fraction of sp³-hybridized carbons (Fsp3) is 0.0667. The third-order valence-electron chi connectivity index (χ3n) is 3.28. The van der Waals surface area contributed by atoms with Crippen molar-refractivity contribution in [1.29, 1.82) is 0 Å². The molecule has 0 saturated heterocycles. The lowest BCUT2D eigenvalue weighted by atomic mass is 10.1. The molecule has 0 spiro atoms. The summed E-state index contributed by atoms with van der Waals surface area (Å²) < 4.78 is 14.7. The highest BCUT2D eigenvalue weighted by Crippen LogP contribution is 2.27. The Kier molecular flexibility index (Phi) is 3.71. The van der Waals surface area contributed by atoms with Gasteiger partial charge in [0.15, 0.2) is 0 Å². The molecule has 0 bridgehead atoms. The first-order chi connectivity index (χ1) is 9.97.